The first-order valence-corrected chi connectivity index (χ1v) is 13.1. The van der Waals surface area contributed by atoms with Crippen molar-refractivity contribution in [1.29, 1.82) is 0 Å². The van der Waals surface area contributed by atoms with E-state index in [1.54, 1.807) is 23.1 Å². The fourth-order valence-electron chi connectivity index (χ4n) is 4.86. The number of likely N-dealkylation sites (tertiary alicyclic amines) is 1. The number of carbonyl (C=O) groups excluding carboxylic acids is 1. The second kappa shape index (κ2) is 9.45. The molecule has 0 spiro atoms. The maximum absolute atomic E-state index is 13.7. The third-order valence-corrected chi connectivity index (χ3v) is 8.06. The van der Waals surface area contributed by atoms with Gasteiger partial charge in [0, 0.05) is 42.1 Å². The Morgan fingerprint density at radius 2 is 1.90 bits per heavy atom. The minimum Gasteiger partial charge on any atom is -0.474 e. The number of thiazole rings is 1. The van der Waals surface area contributed by atoms with Gasteiger partial charge in [0.1, 0.15) is 28.8 Å². The van der Waals surface area contributed by atoms with Crippen LogP contribution in [0.4, 0.5) is 13.2 Å². The minimum atomic E-state index is -2.91. The zero-order chi connectivity index (χ0) is 27.5. The van der Waals surface area contributed by atoms with Crippen LogP contribution in [0.25, 0.3) is 22.2 Å². The summed E-state index contributed by atoms with van der Waals surface area (Å²) in [6.07, 6.45) is -0.373. The van der Waals surface area contributed by atoms with Crippen molar-refractivity contribution in [3.05, 3.63) is 70.8 Å². The number of rotatable bonds is 7. The fourth-order valence-corrected chi connectivity index (χ4v) is 5.84. The Kier molecular flexibility index (Phi) is 6.18. The minimum absolute atomic E-state index is 0.0497. The summed E-state index contributed by atoms with van der Waals surface area (Å²) in [7, 11) is 0. The molecule has 1 aromatic carbocycles. The molecule has 39 heavy (non-hydrogen) atoms. The lowest BCUT2D eigenvalue weighted by molar-refractivity contribution is 0.0744. The van der Waals surface area contributed by atoms with Crippen molar-refractivity contribution in [2.45, 2.75) is 31.9 Å². The molecule has 1 amide bonds. The molecule has 0 radical (unpaired) electrons. The molecule has 2 atom stereocenters. The van der Waals surface area contributed by atoms with Gasteiger partial charge in [0.15, 0.2) is 5.01 Å². The van der Waals surface area contributed by atoms with Crippen LogP contribution < -0.4 is 10.5 Å². The van der Waals surface area contributed by atoms with Crippen molar-refractivity contribution < 1.29 is 27.1 Å². The molecular weight excluding hydrogens is 531 g/mol. The number of fused-ring (bicyclic) bond motifs is 1. The lowest BCUT2D eigenvalue weighted by Gasteiger charge is -2.22. The van der Waals surface area contributed by atoms with E-state index in [4.69, 9.17) is 14.9 Å². The number of alkyl halides is 2. The number of piperidine rings is 1. The standard InChI is InChI=1S/C27H24F3N5O3S/c1-27(2,31)14-9-18(13-3-5-15(28)6-4-13)33-19(10-14)38-21-16-11-35(12-17(16)21)26(36)22-20(23(29)30)34-25(39-22)24-32-7-8-37-24/h3-10,16-17,21,23H,11-12,31H2,1-2H3. The second-order valence-corrected chi connectivity index (χ2v) is 11.3. The molecule has 0 bridgehead atoms. The predicted molar refractivity (Wildman–Crippen MR) is 137 cm³/mol. The third-order valence-electron chi connectivity index (χ3n) is 7.01. The van der Waals surface area contributed by atoms with Crippen molar-refractivity contribution in [3.63, 3.8) is 0 Å². The topological polar surface area (TPSA) is 107 Å². The molecule has 2 aliphatic rings. The number of carbonyl (C=O) groups is 1. The average molecular weight is 556 g/mol. The van der Waals surface area contributed by atoms with Crippen LogP contribution in [0.3, 0.4) is 0 Å². The number of halogens is 3. The molecule has 1 aliphatic heterocycles. The first-order valence-electron chi connectivity index (χ1n) is 12.3. The van der Waals surface area contributed by atoms with Gasteiger partial charge in [0.25, 0.3) is 18.2 Å². The zero-order valence-corrected chi connectivity index (χ0v) is 21.8. The predicted octanol–water partition coefficient (Wildman–Crippen LogP) is 5.28. The van der Waals surface area contributed by atoms with E-state index in [1.165, 1.54) is 24.6 Å². The summed E-state index contributed by atoms with van der Waals surface area (Å²) in [6.45, 7) is 4.48. The number of pyridine rings is 1. The lowest BCUT2D eigenvalue weighted by atomic mass is 9.95. The first kappa shape index (κ1) is 25.5. The largest absolute Gasteiger partial charge is 0.474 e. The molecule has 6 rings (SSSR count). The van der Waals surface area contributed by atoms with Gasteiger partial charge in [-0.1, -0.05) is 0 Å². The number of hydrogen-bond donors (Lipinski definition) is 1. The van der Waals surface area contributed by atoms with Gasteiger partial charge in [-0.05, 0) is 49.7 Å². The molecule has 2 fully saturated rings. The SMILES string of the molecule is CC(C)(N)c1cc(OC2C3CN(C(=O)c4sc(-c5ncco5)nc4C(F)F)CC32)nc(-c2ccc(F)cc2)c1. The van der Waals surface area contributed by atoms with Crippen molar-refractivity contribution in [2.75, 3.05) is 13.1 Å². The molecule has 2 unspecified atom stereocenters. The lowest BCUT2D eigenvalue weighted by Crippen LogP contribution is -2.33. The van der Waals surface area contributed by atoms with Crippen LogP contribution in [0.2, 0.25) is 0 Å². The number of nitrogens with zero attached hydrogens (tertiary/aromatic N) is 4. The molecule has 3 aromatic heterocycles. The smallest absolute Gasteiger partial charge is 0.282 e. The highest BCUT2D eigenvalue weighted by Crippen LogP contribution is 2.49. The van der Waals surface area contributed by atoms with Crippen molar-refractivity contribution in [1.82, 2.24) is 19.9 Å². The number of hydrogen-bond acceptors (Lipinski definition) is 8. The van der Waals surface area contributed by atoms with Crippen molar-refractivity contribution >= 4 is 17.2 Å². The summed E-state index contributed by atoms with van der Waals surface area (Å²) in [6, 6.07) is 9.67. The van der Waals surface area contributed by atoms with Gasteiger partial charge in [-0.25, -0.2) is 28.1 Å². The molecule has 1 aliphatic carbocycles. The van der Waals surface area contributed by atoms with Gasteiger partial charge < -0.3 is 19.8 Å². The third kappa shape index (κ3) is 4.89. The van der Waals surface area contributed by atoms with Gasteiger partial charge in [-0.3, -0.25) is 4.79 Å². The van der Waals surface area contributed by atoms with Crippen LogP contribution >= 0.6 is 11.3 Å². The fraction of sp³-hybridized carbons (Fsp3) is 0.333. The van der Waals surface area contributed by atoms with Gasteiger partial charge in [-0.2, -0.15) is 0 Å². The zero-order valence-electron chi connectivity index (χ0n) is 21.0. The molecule has 12 heteroatoms. The van der Waals surface area contributed by atoms with Crippen LogP contribution in [-0.4, -0.2) is 45.0 Å². The molecule has 8 nitrogen and oxygen atoms in total. The Balaban J connectivity index is 1.18. The van der Waals surface area contributed by atoms with E-state index < -0.39 is 23.6 Å². The van der Waals surface area contributed by atoms with Gasteiger partial charge in [0.05, 0.1) is 11.9 Å². The number of ether oxygens (including phenoxy) is 1. The van der Waals surface area contributed by atoms with E-state index >= 15 is 0 Å². The molecule has 1 saturated heterocycles. The normalized spacial score (nSPS) is 20.4. The van der Waals surface area contributed by atoms with E-state index in [0.29, 0.717) is 24.7 Å². The van der Waals surface area contributed by atoms with Crippen LogP contribution in [-0.2, 0) is 5.54 Å². The van der Waals surface area contributed by atoms with Gasteiger partial charge in [0.2, 0.25) is 5.88 Å². The van der Waals surface area contributed by atoms with E-state index in [9.17, 15) is 18.0 Å². The molecule has 2 N–H and O–H groups in total. The molecule has 202 valence electrons. The summed E-state index contributed by atoms with van der Waals surface area (Å²) >= 11 is 0.849. The van der Waals surface area contributed by atoms with E-state index in [-0.39, 0.29) is 39.5 Å². The Morgan fingerprint density at radius 3 is 2.51 bits per heavy atom. The Labute approximate surface area is 225 Å². The Bertz CT molecular complexity index is 1510. The summed E-state index contributed by atoms with van der Waals surface area (Å²) in [5, 5.41) is 0.134. The van der Waals surface area contributed by atoms with E-state index in [0.717, 1.165) is 22.5 Å². The molecule has 4 heterocycles. The van der Waals surface area contributed by atoms with E-state index in [2.05, 4.69) is 15.0 Å². The highest BCUT2D eigenvalue weighted by Gasteiger charge is 2.59. The summed E-state index contributed by atoms with van der Waals surface area (Å²) in [5.74, 6) is -0.254. The monoisotopic (exact) mass is 555 g/mol. The molecule has 4 aromatic rings. The number of aromatic nitrogens is 3. The Morgan fingerprint density at radius 1 is 1.18 bits per heavy atom. The van der Waals surface area contributed by atoms with Crippen molar-refractivity contribution in [2.24, 2.45) is 17.6 Å². The van der Waals surface area contributed by atoms with Gasteiger partial charge in [-0.15, -0.1) is 11.3 Å². The number of benzene rings is 1. The summed E-state index contributed by atoms with van der Waals surface area (Å²) < 4.78 is 52.2. The summed E-state index contributed by atoms with van der Waals surface area (Å²) in [4.78, 5) is 27.1. The van der Waals surface area contributed by atoms with Crippen LogP contribution in [0.5, 0.6) is 5.88 Å². The second-order valence-electron chi connectivity index (χ2n) is 10.3. The quantitative estimate of drug-likeness (QED) is 0.331. The highest BCUT2D eigenvalue weighted by molar-refractivity contribution is 7.17. The number of amides is 1. The number of oxazole rings is 1. The van der Waals surface area contributed by atoms with Gasteiger partial charge >= 0.3 is 0 Å². The van der Waals surface area contributed by atoms with Crippen LogP contribution in [0, 0.1) is 17.7 Å². The average Bonchev–Trinajstić information content (AvgIpc) is 3.43. The van der Waals surface area contributed by atoms with Crippen molar-refractivity contribution in [3.8, 4) is 28.0 Å². The first-order chi connectivity index (χ1) is 18.6. The van der Waals surface area contributed by atoms with Crippen LogP contribution in [0.15, 0.2) is 53.3 Å². The maximum Gasteiger partial charge on any atom is 0.282 e. The highest BCUT2D eigenvalue weighted by atomic mass is 32.1. The Hall–Kier alpha value is -3.77. The van der Waals surface area contributed by atoms with Crippen LogP contribution in [0.1, 0.15) is 41.2 Å². The maximum atomic E-state index is 13.7. The summed E-state index contributed by atoms with van der Waals surface area (Å²) in [5.41, 5.74) is 7.26. The number of nitrogens with two attached hydrogens (primary N) is 1. The van der Waals surface area contributed by atoms with E-state index in [1.807, 2.05) is 19.9 Å². The molecule has 1 saturated carbocycles. The molecular formula is C27H24F3N5O3S.